The van der Waals surface area contributed by atoms with Gasteiger partial charge in [-0.15, -0.1) is 0 Å². The molecule has 1 aliphatic carbocycles. The molecule has 0 amide bonds. The van der Waals surface area contributed by atoms with Crippen molar-refractivity contribution in [2.75, 3.05) is 13.1 Å². The standard InChI is InChI=1S/C17H34N2/c1-13(2)19(12-16-9-5-6-11-18-16)17-10-7-8-14(3)15(17)4/h13-18H,5-12H2,1-4H3. The Morgan fingerprint density at radius 3 is 2.47 bits per heavy atom. The van der Waals surface area contributed by atoms with E-state index in [0.717, 1.165) is 23.9 Å². The van der Waals surface area contributed by atoms with Gasteiger partial charge in [0.05, 0.1) is 0 Å². The van der Waals surface area contributed by atoms with Gasteiger partial charge < -0.3 is 5.32 Å². The van der Waals surface area contributed by atoms with Crippen molar-refractivity contribution in [2.45, 2.75) is 84.3 Å². The lowest BCUT2D eigenvalue weighted by Crippen LogP contribution is -2.53. The Morgan fingerprint density at radius 2 is 1.84 bits per heavy atom. The lowest BCUT2D eigenvalue weighted by molar-refractivity contribution is 0.0464. The van der Waals surface area contributed by atoms with E-state index in [1.807, 2.05) is 0 Å². The molecule has 112 valence electrons. The summed E-state index contributed by atoms with van der Waals surface area (Å²) < 4.78 is 0. The van der Waals surface area contributed by atoms with Crippen molar-refractivity contribution in [3.05, 3.63) is 0 Å². The molecule has 4 unspecified atom stereocenters. The summed E-state index contributed by atoms with van der Waals surface area (Å²) in [6, 6.07) is 2.23. The monoisotopic (exact) mass is 266 g/mol. The van der Waals surface area contributed by atoms with Crippen LogP contribution in [-0.2, 0) is 0 Å². The zero-order chi connectivity index (χ0) is 13.8. The molecule has 0 aromatic carbocycles. The molecule has 19 heavy (non-hydrogen) atoms. The summed E-state index contributed by atoms with van der Waals surface area (Å²) in [5.74, 6) is 1.76. The Balaban J connectivity index is 1.97. The topological polar surface area (TPSA) is 15.3 Å². The van der Waals surface area contributed by atoms with Gasteiger partial charge in [-0.3, -0.25) is 4.90 Å². The third-order valence-corrected chi connectivity index (χ3v) is 5.60. The molecule has 1 heterocycles. The number of hydrogen-bond donors (Lipinski definition) is 1. The van der Waals surface area contributed by atoms with Crippen LogP contribution in [0.15, 0.2) is 0 Å². The van der Waals surface area contributed by atoms with Gasteiger partial charge in [0.25, 0.3) is 0 Å². The molecule has 1 saturated carbocycles. The van der Waals surface area contributed by atoms with E-state index in [4.69, 9.17) is 0 Å². The SMILES string of the molecule is CC1CCCC(N(CC2CCCCN2)C(C)C)C1C. The van der Waals surface area contributed by atoms with E-state index in [-0.39, 0.29) is 0 Å². The molecule has 2 heteroatoms. The predicted octanol–water partition coefficient (Wildman–Crippen LogP) is 3.66. The number of nitrogens with zero attached hydrogens (tertiary/aromatic N) is 1. The van der Waals surface area contributed by atoms with Crippen LogP contribution in [0.2, 0.25) is 0 Å². The summed E-state index contributed by atoms with van der Waals surface area (Å²) in [4.78, 5) is 2.81. The van der Waals surface area contributed by atoms with Crippen LogP contribution < -0.4 is 5.32 Å². The van der Waals surface area contributed by atoms with Gasteiger partial charge in [-0.05, 0) is 51.5 Å². The van der Waals surface area contributed by atoms with Crippen molar-refractivity contribution in [3.63, 3.8) is 0 Å². The molecular formula is C17H34N2. The summed E-state index contributed by atoms with van der Waals surface area (Å²) in [5.41, 5.74) is 0. The lowest BCUT2D eigenvalue weighted by atomic mass is 9.77. The Morgan fingerprint density at radius 1 is 1.05 bits per heavy atom. The summed E-state index contributed by atoms with van der Waals surface area (Å²) in [7, 11) is 0. The zero-order valence-electron chi connectivity index (χ0n) is 13.5. The van der Waals surface area contributed by atoms with Gasteiger partial charge in [0.2, 0.25) is 0 Å². The van der Waals surface area contributed by atoms with Crippen LogP contribution in [0.4, 0.5) is 0 Å². The minimum absolute atomic E-state index is 0.682. The van der Waals surface area contributed by atoms with Gasteiger partial charge in [0.15, 0.2) is 0 Å². The van der Waals surface area contributed by atoms with Crippen molar-refractivity contribution in [2.24, 2.45) is 11.8 Å². The normalized spacial score (nSPS) is 36.9. The van der Waals surface area contributed by atoms with Gasteiger partial charge in [0, 0.05) is 24.7 Å². The maximum Gasteiger partial charge on any atom is 0.0195 e. The van der Waals surface area contributed by atoms with Crippen molar-refractivity contribution >= 4 is 0 Å². The molecular weight excluding hydrogens is 232 g/mol. The fraction of sp³-hybridized carbons (Fsp3) is 1.00. The Kier molecular flexibility index (Phi) is 5.70. The number of piperidine rings is 1. The van der Waals surface area contributed by atoms with Crippen molar-refractivity contribution < 1.29 is 0 Å². The average molecular weight is 266 g/mol. The van der Waals surface area contributed by atoms with Gasteiger partial charge >= 0.3 is 0 Å². The molecule has 0 spiro atoms. The molecule has 2 nitrogen and oxygen atoms in total. The fourth-order valence-corrected chi connectivity index (χ4v) is 4.09. The highest BCUT2D eigenvalue weighted by atomic mass is 15.2. The maximum atomic E-state index is 3.73. The van der Waals surface area contributed by atoms with Crippen LogP contribution in [0.25, 0.3) is 0 Å². The van der Waals surface area contributed by atoms with E-state index in [0.29, 0.717) is 6.04 Å². The molecule has 2 fully saturated rings. The molecule has 2 rings (SSSR count). The summed E-state index contributed by atoms with van der Waals surface area (Å²) in [6.45, 7) is 12.2. The highest BCUT2D eigenvalue weighted by Crippen LogP contribution is 2.34. The van der Waals surface area contributed by atoms with Crippen LogP contribution >= 0.6 is 0 Å². The Hall–Kier alpha value is -0.0800. The quantitative estimate of drug-likeness (QED) is 0.835. The van der Waals surface area contributed by atoms with E-state index < -0.39 is 0 Å². The fourth-order valence-electron chi connectivity index (χ4n) is 4.09. The molecule has 2 aliphatic rings. The molecule has 4 atom stereocenters. The van der Waals surface area contributed by atoms with Crippen molar-refractivity contribution in [1.29, 1.82) is 0 Å². The van der Waals surface area contributed by atoms with Crippen LogP contribution in [0, 0.1) is 11.8 Å². The molecule has 0 radical (unpaired) electrons. The van der Waals surface area contributed by atoms with Gasteiger partial charge in [0.1, 0.15) is 0 Å². The smallest absolute Gasteiger partial charge is 0.0195 e. The first-order chi connectivity index (χ1) is 9.09. The van der Waals surface area contributed by atoms with Crippen LogP contribution in [0.1, 0.15) is 66.2 Å². The largest absolute Gasteiger partial charge is 0.313 e. The van der Waals surface area contributed by atoms with Gasteiger partial charge in [-0.2, -0.15) is 0 Å². The first kappa shape index (κ1) is 15.3. The Bertz CT molecular complexity index is 258. The highest BCUT2D eigenvalue weighted by molar-refractivity contribution is 4.88. The predicted molar refractivity (Wildman–Crippen MR) is 83.5 cm³/mol. The van der Waals surface area contributed by atoms with Crippen LogP contribution in [0.3, 0.4) is 0 Å². The van der Waals surface area contributed by atoms with E-state index in [1.165, 1.54) is 51.6 Å². The second kappa shape index (κ2) is 7.08. The first-order valence-electron chi connectivity index (χ1n) is 8.58. The number of hydrogen-bond acceptors (Lipinski definition) is 2. The minimum atomic E-state index is 0.682. The van der Waals surface area contributed by atoms with Crippen molar-refractivity contribution in [3.8, 4) is 0 Å². The maximum absolute atomic E-state index is 3.73. The Labute approximate surface area is 120 Å². The van der Waals surface area contributed by atoms with E-state index in [9.17, 15) is 0 Å². The summed E-state index contributed by atoms with van der Waals surface area (Å²) >= 11 is 0. The number of rotatable bonds is 4. The van der Waals surface area contributed by atoms with Crippen LogP contribution in [0.5, 0.6) is 0 Å². The third kappa shape index (κ3) is 3.95. The summed E-state index contributed by atoms with van der Waals surface area (Å²) in [6.07, 6.45) is 8.44. The second-order valence-corrected chi connectivity index (χ2v) is 7.27. The molecule has 1 N–H and O–H groups in total. The second-order valence-electron chi connectivity index (χ2n) is 7.27. The van der Waals surface area contributed by atoms with Gasteiger partial charge in [-0.25, -0.2) is 0 Å². The first-order valence-corrected chi connectivity index (χ1v) is 8.58. The average Bonchev–Trinajstić information content (AvgIpc) is 2.40. The van der Waals surface area contributed by atoms with E-state index in [1.54, 1.807) is 0 Å². The van der Waals surface area contributed by atoms with E-state index >= 15 is 0 Å². The van der Waals surface area contributed by atoms with E-state index in [2.05, 4.69) is 37.9 Å². The molecule has 0 bridgehead atoms. The molecule has 0 aromatic rings. The molecule has 1 saturated heterocycles. The number of nitrogens with one attached hydrogen (secondary N) is 1. The highest BCUT2D eigenvalue weighted by Gasteiger charge is 2.33. The minimum Gasteiger partial charge on any atom is -0.313 e. The zero-order valence-corrected chi connectivity index (χ0v) is 13.5. The molecule has 1 aliphatic heterocycles. The summed E-state index contributed by atoms with van der Waals surface area (Å²) in [5, 5.41) is 3.73. The molecule has 0 aromatic heterocycles. The van der Waals surface area contributed by atoms with Gasteiger partial charge in [-0.1, -0.05) is 33.1 Å². The lowest BCUT2D eigenvalue weighted by Gasteiger charge is -2.45. The third-order valence-electron chi connectivity index (χ3n) is 5.60. The van der Waals surface area contributed by atoms with Crippen LogP contribution in [-0.4, -0.2) is 36.1 Å². The van der Waals surface area contributed by atoms with Crippen molar-refractivity contribution in [1.82, 2.24) is 10.2 Å².